The van der Waals surface area contributed by atoms with Gasteiger partial charge in [-0.3, -0.25) is 19.7 Å². The summed E-state index contributed by atoms with van der Waals surface area (Å²) in [5, 5.41) is 15.7. The molecule has 2 aromatic rings. The van der Waals surface area contributed by atoms with Crippen LogP contribution in [0.5, 0.6) is 0 Å². The second kappa shape index (κ2) is 10.5. The smallest absolute Gasteiger partial charge is 0.331 e. The van der Waals surface area contributed by atoms with Crippen molar-refractivity contribution in [3.63, 3.8) is 0 Å². The highest BCUT2D eigenvalue weighted by Gasteiger charge is 2.10. The number of carbonyl (C=O) groups is 3. The van der Waals surface area contributed by atoms with Crippen LogP contribution in [0, 0.1) is 24.0 Å². The largest absolute Gasteiger partial charge is 0.452 e. The molecule has 0 radical (unpaired) electrons. The first-order valence-corrected chi connectivity index (χ1v) is 8.98. The lowest BCUT2D eigenvalue weighted by Crippen LogP contribution is -2.35. The second-order valence-corrected chi connectivity index (χ2v) is 6.38. The maximum atomic E-state index is 12.0. The van der Waals surface area contributed by atoms with Gasteiger partial charge in [-0.05, 0) is 48.7 Å². The summed E-state index contributed by atoms with van der Waals surface area (Å²) in [7, 11) is 0. The Balaban J connectivity index is 1.74. The highest BCUT2D eigenvalue weighted by Crippen LogP contribution is 2.19. The molecule has 30 heavy (non-hydrogen) atoms. The minimum atomic E-state index is -0.761. The number of non-ortho nitro benzene ring substituents is 1. The van der Waals surface area contributed by atoms with E-state index in [1.807, 2.05) is 32.0 Å². The summed E-state index contributed by atoms with van der Waals surface area (Å²) in [4.78, 5) is 45.5. The Morgan fingerprint density at radius 3 is 2.27 bits per heavy atom. The highest BCUT2D eigenvalue weighted by atomic mass is 16.6. The lowest BCUT2D eigenvalue weighted by molar-refractivity contribution is -0.384. The van der Waals surface area contributed by atoms with E-state index in [2.05, 4.69) is 10.6 Å². The molecule has 2 amide bonds. The minimum Gasteiger partial charge on any atom is -0.452 e. The number of nitro groups is 1. The summed E-state index contributed by atoms with van der Waals surface area (Å²) in [5.74, 6) is -1.78. The van der Waals surface area contributed by atoms with Crippen LogP contribution in [0.3, 0.4) is 0 Å². The predicted molar refractivity (Wildman–Crippen MR) is 111 cm³/mol. The Hall–Kier alpha value is -4.01. The Labute approximate surface area is 172 Å². The zero-order valence-corrected chi connectivity index (χ0v) is 16.5. The first-order chi connectivity index (χ1) is 14.3. The van der Waals surface area contributed by atoms with E-state index in [1.54, 1.807) is 0 Å². The first kappa shape index (κ1) is 22.3. The third-order valence-corrected chi connectivity index (χ3v) is 4.05. The van der Waals surface area contributed by atoms with Gasteiger partial charge in [-0.15, -0.1) is 0 Å². The molecule has 0 saturated heterocycles. The van der Waals surface area contributed by atoms with Crippen molar-refractivity contribution in [2.75, 3.05) is 18.5 Å². The monoisotopic (exact) mass is 411 g/mol. The van der Waals surface area contributed by atoms with E-state index < -0.39 is 29.3 Å². The normalized spacial score (nSPS) is 10.5. The van der Waals surface area contributed by atoms with E-state index in [9.17, 15) is 24.5 Å². The molecule has 156 valence electrons. The average molecular weight is 411 g/mol. The van der Waals surface area contributed by atoms with Crippen molar-refractivity contribution in [1.29, 1.82) is 0 Å². The molecular formula is C21H21N3O6. The van der Waals surface area contributed by atoms with Crippen LogP contribution in [-0.4, -0.2) is 35.9 Å². The van der Waals surface area contributed by atoms with Gasteiger partial charge in [0.2, 0.25) is 5.91 Å². The van der Waals surface area contributed by atoms with Crippen molar-refractivity contribution in [3.8, 4) is 0 Å². The van der Waals surface area contributed by atoms with Gasteiger partial charge in [0.15, 0.2) is 6.61 Å². The topological polar surface area (TPSA) is 128 Å². The number of benzene rings is 2. The molecule has 0 spiro atoms. The number of amides is 2. The number of hydrogen-bond donors (Lipinski definition) is 2. The van der Waals surface area contributed by atoms with Crippen molar-refractivity contribution < 1.29 is 24.0 Å². The molecule has 0 fully saturated rings. The fourth-order valence-corrected chi connectivity index (χ4v) is 2.48. The highest BCUT2D eigenvalue weighted by molar-refractivity contribution is 5.96. The average Bonchev–Trinajstić information content (AvgIpc) is 2.72. The molecule has 0 aliphatic heterocycles. The Kier molecular flexibility index (Phi) is 7.81. The van der Waals surface area contributed by atoms with E-state index in [0.717, 1.165) is 17.2 Å². The predicted octanol–water partition coefficient (Wildman–Crippen LogP) is 2.52. The summed E-state index contributed by atoms with van der Waals surface area (Å²) in [6, 6.07) is 11.2. The third kappa shape index (κ3) is 6.86. The molecule has 0 aliphatic carbocycles. The summed E-state index contributed by atoms with van der Waals surface area (Å²) < 4.78 is 4.80. The van der Waals surface area contributed by atoms with Crippen LogP contribution in [-0.2, 0) is 19.1 Å². The maximum Gasteiger partial charge on any atom is 0.331 e. The second-order valence-electron chi connectivity index (χ2n) is 6.38. The van der Waals surface area contributed by atoms with Crippen LogP contribution in [0.15, 0.2) is 48.5 Å². The number of carbonyl (C=O) groups excluding carboxylic acids is 3. The Bertz CT molecular complexity index is 962. The van der Waals surface area contributed by atoms with Crippen LogP contribution < -0.4 is 10.6 Å². The van der Waals surface area contributed by atoms with Gasteiger partial charge in [-0.25, -0.2) is 4.79 Å². The van der Waals surface area contributed by atoms with Gasteiger partial charge < -0.3 is 15.4 Å². The van der Waals surface area contributed by atoms with Gasteiger partial charge in [0.25, 0.3) is 11.6 Å². The summed E-state index contributed by atoms with van der Waals surface area (Å²) in [6.07, 6.45) is 2.50. The van der Waals surface area contributed by atoms with Crippen LogP contribution in [0.4, 0.5) is 11.4 Å². The number of nitrogens with zero attached hydrogens (tertiary/aromatic N) is 1. The number of anilines is 1. The van der Waals surface area contributed by atoms with Gasteiger partial charge in [-0.2, -0.15) is 0 Å². The SMILES string of the molecule is Cc1cccc(C)c1NC(=O)CNC(=O)COC(=O)/C=C/c1ccc([N+](=O)[O-])cc1. The van der Waals surface area contributed by atoms with Crippen LogP contribution in [0.2, 0.25) is 0 Å². The quantitative estimate of drug-likeness (QED) is 0.297. The summed E-state index contributed by atoms with van der Waals surface area (Å²) >= 11 is 0. The molecule has 0 heterocycles. The van der Waals surface area contributed by atoms with Gasteiger partial charge in [0.05, 0.1) is 11.5 Å². The van der Waals surface area contributed by atoms with E-state index in [1.165, 1.54) is 30.3 Å². The van der Waals surface area contributed by atoms with E-state index >= 15 is 0 Å². The van der Waals surface area contributed by atoms with Crippen molar-refractivity contribution in [2.45, 2.75) is 13.8 Å². The molecule has 0 aliphatic rings. The molecule has 2 rings (SSSR count). The van der Waals surface area contributed by atoms with Gasteiger partial charge in [0.1, 0.15) is 0 Å². The summed E-state index contributed by atoms with van der Waals surface area (Å²) in [6.45, 7) is 2.93. The number of esters is 1. The van der Waals surface area contributed by atoms with Crippen LogP contribution in [0.1, 0.15) is 16.7 Å². The van der Waals surface area contributed by atoms with Crippen molar-refractivity contribution in [1.82, 2.24) is 5.32 Å². The van der Waals surface area contributed by atoms with Crippen LogP contribution in [0.25, 0.3) is 6.08 Å². The molecule has 0 unspecified atom stereocenters. The molecule has 0 saturated carbocycles. The Morgan fingerprint density at radius 1 is 1.03 bits per heavy atom. The van der Waals surface area contributed by atoms with Gasteiger partial charge in [-0.1, -0.05) is 18.2 Å². The summed E-state index contributed by atoms with van der Waals surface area (Å²) in [5.41, 5.74) is 3.00. The molecule has 9 nitrogen and oxygen atoms in total. The number of rotatable bonds is 8. The fourth-order valence-electron chi connectivity index (χ4n) is 2.48. The molecule has 2 aromatic carbocycles. The van der Waals surface area contributed by atoms with Crippen molar-refractivity contribution >= 4 is 35.2 Å². The molecule has 0 bridgehead atoms. The number of hydrogen-bond acceptors (Lipinski definition) is 6. The number of ether oxygens (including phenoxy) is 1. The van der Waals surface area contributed by atoms with Crippen LogP contribution >= 0.6 is 0 Å². The number of nitro benzene ring substituents is 1. The van der Waals surface area contributed by atoms with Gasteiger partial charge in [0, 0.05) is 23.9 Å². The molecule has 9 heteroatoms. The van der Waals surface area contributed by atoms with Crippen molar-refractivity contribution in [2.24, 2.45) is 0 Å². The van der Waals surface area contributed by atoms with Gasteiger partial charge >= 0.3 is 5.97 Å². The zero-order valence-electron chi connectivity index (χ0n) is 16.5. The first-order valence-electron chi connectivity index (χ1n) is 8.98. The third-order valence-electron chi connectivity index (χ3n) is 4.05. The van der Waals surface area contributed by atoms with E-state index in [0.29, 0.717) is 11.3 Å². The molecule has 2 N–H and O–H groups in total. The lowest BCUT2D eigenvalue weighted by atomic mass is 10.1. The standard InChI is InChI=1S/C21H21N3O6/c1-14-4-3-5-15(2)21(14)23-18(25)12-22-19(26)13-30-20(27)11-8-16-6-9-17(10-7-16)24(28)29/h3-11H,12-13H2,1-2H3,(H,22,26)(H,23,25)/b11-8+. The van der Waals surface area contributed by atoms with E-state index in [-0.39, 0.29) is 12.2 Å². The van der Waals surface area contributed by atoms with Crippen molar-refractivity contribution in [3.05, 3.63) is 75.3 Å². The maximum absolute atomic E-state index is 12.0. The number of aryl methyl sites for hydroxylation is 2. The lowest BCUT2D eigenvalue weighted by Gasteiger charge is -2.11. The number of nitrogens with one attached hydrogen (secondary N) is 2. The fraction of sp³-hybridized carbons (Fsp3) is 0.190. The zero-order chi connectivity index (χ0) is 22.1. The Morgan fingerprint density at radius 2 is 1.67 bits per heavy atom. The molecule has 0 aromatic heterocycles. The molecule has 0 atom stereocenters. The molecular weight excluding hydrogens is 390 g/mol. The van der Waals surface area contributed by atoms with E-state index in [4.69, 9.17) is 4.74 Å². The minimum absolute atomic E-state index is 0.0620. The number of para-hydroxylation sites is 1.